The summed E-state index contributed by atoms with van der Waals surface area (Å²) >= 11 is 0. The van der Waals surface area contributed by atoms with E-state index in [1.165, 1.54) is 10.4 Å². The van der Waals surface area contributed by atoms with Gasteiger partial charge in [-0.1, -0.05) is 19.3 Å². The molecule has 35 heavy (non-hydrogen) atoms. The molecule has 2 atom stereocenters. The summed E-state index contributed by atoms with van der Waals surface area (Å²) in [6, 6.07) is 3.03. The number of hydrogen-bond donors (Lipinski definition) is 5. The van der Waals surface area contributed by atoms with Gasteiger partial charge in [-0.25, -0.2) is 12.8 Å². The average molecular weight is 508 g/mol. The van der Waals surface area contributed by atoms with Crippen LogP contribution in [0.5, 0.6) is 0 Å². The van der Waals surface area contributed by atoms with Crippen molar-refractivity contribution in [2.75, 3.05) is 23.7 Å². The van der Waals surface area contributed by atoms with Gasteiger partial charge in [0.15, 0.2) is 5.82 Å². The Morgan fingerprint density at radius 2 is 1.86 bits per heavy atom. The van der Waals surface area contributed by atoms with Crippen molar-refractivity contribution in [2.24, 2.45) is 11.5 Å². The first-order valence-corrected chi connectivity index (χ1v) is 13.1. The fourth-order valence-corrected chi connectivity index (χ4v) is 6.06. The molecule has 2 aliphatic rings. The summed E-state index contributed by atoms with van der Waals surface area (Å²) < 4.78 is 42.2. The quantitative estimate of drug-likeness (QED) is 0.375. The molecule has 11 nitrogen and oxygen atoms in total. The number of rotatable bonds is 7. The molecule has 7 N–H and O–H groups in total. The van der Waals surface area contributed by atoms with Gasteiger partial charge in [-0.05, 0) is 43.9 Å². The van der Waals surface area contributed by atoms with E-state index in [2.05, 4.69) is 20.6 Å². The molecule has 1 aromatic carbocycles. The zero-order chi connectivity index (χ0) is 25.2. The molecule has 0 radical (unpaired) electrons. The number of benzene rings is 1. The number of anilines is 3. The minimum Gasteiger partial charge on any atom is -0.365 e. The predicted octanol–water partition coefficient (Wildman–Crippen LogP) is 1.61. The zero-order valence-corrected chi connectivity index (χ0v) is 20.0. The van der Waals surface area contributed by atoms with Crippen molar-refractivity contribution in [3.05, 3.63) is 39.9 Å². The molecular weight excluding hydrogens is 477 g/mol. The number of carbonyl (C=O) groups is 1. The van der Waals surface area contributed by atoms with Crippen molar-refractivity contribution in [3.8, 4) is 0 Å². The Bertz CT molecular complexity index is 1260. The van der Waals surface area contributed by atoms with Crippen LogP contribution in [0.2, 0.25) is 0 Å². The van der Waals surface area contributed by atoms with Crippen LogP contribution in [0, 0.1) is 5.82 Å². The first-order chi connectivity index (χ1) is 16.7. The van der Waals surface area contributed by atoms with E-state index in [1.807, 2.05) is 0 Å². The van der Waals surface area contributed by atoms with E-state index in [1.54, 1.807) is 0 Å². The van der Waals surface area contributed by atoms with Crippen LogP contribution in [0.25, 0.3) is 0 Å². The van der Waals surface area contributed by atoms with E-state index in [0.29, 0.717) is 13.1 Å². The minimum absolute atomic E-state index is 0.0438. The number of nitrogens with zero attached hydrogens (tertiary/aromatic N) is 2. The summed E-state index contributed by atoms with van der Waals surface area (Å²) in [7, 11) is -3.84. The summed E-state index contributed by atoms with van der Waals surface area (Å²) in [4.78, 5) is 31.2. The molecule has 0 spiro atoms. The second-order valence-corrected chi connectivity index (χ2v) is 10.9. The second kappa shape index (κ2) is 10.3. The Balaban J connectivity index is 1.68. The number of nitrogens with one attached hydrogen (secondary N) is 3. The molecule has 4 rings (SSSR count). The molecule has 2 heterocycles. The van der Waals surface area contributed by atoms with Gasteiger partial charge in [0.2, 0.25) is 16.0 Å². The van der Waals surface area contributed by atoms with E-state index in [-0.39, 0.29) is 34.4 Å². The third kappa shape index (κ3) is 5.46. The van der Waals surface area contributed by atoms with E-state index in [9.17, 15) is 22.4 Å². The Labute approximate surface area is 202 Å². The van der Waals surface area contributed by atoms with Crippen LogP contribution in [-0.2, 0) is 10.0 Å². The molecule has 1 aromatic heterocycles. The molecule has 1 amide bonds. The Hall–Kier alpha value is -3.03. The summed E-state index contributed by atoms with van der Waals surface area (Å²) in [5, 5.41) is 5.68. The number of aromatic amines is 1. The van der Waals surface area contributed by atoms with Gasteiger partial charge in [-0.2, -0.15) is 9.29 Å². The lowest BCUT2D eigenvalue weighted by Crippen LogP contribution is -2.43. The van der Waals surface area contributed by atoms with E-state index >= 15 is 0 Å². The average Bonchev–Trinajstić information content (AvgIpc) is 2.82. The highest BCUT2D eigenvalue weighted by Crippen LogP contribution is 2.27. The number of carbonyl (C=O) groups excluding carboxylic acids is 1. The SMILES string of the molecule is NC(=O)c1c(Nc2cc(S(=O)(=O)N3CCCCC3)ccc2F)nc(N[C@H]2CCCC[C@@H]2N)[nH]c1=O. The molecule has 0 bridgehead atoms. The topological polar surface area (TPSA) is 176 Å². The first-order valence-electron chi connectivity index (χ1n) is 11.7. The van der Waals surface area contributed by atoms with E-state index in [0.717, 1.165) is 57.1 Å². The van der Waals surface area contributed by atoms with Crippen molar-refractivity contribution in [3.63, 3.8) is 0 Å². The maximum Gasteiger partial charge on any atom is 0.267 e. The Kier molecular flexibility index (Phi) is 7.38. The number of H-pyrrole nitrogens is 1. The third-order valence-electron chi connectivity index (χ3n) is 6.45. The largest absolute Gasteiger partial charge is 0.365 e. The van der Waals surface area contributed by atoms with Crippen LogP contribution in [-0.4, -0.2) is 53.8 Å². The standard InChI is InChI=1S/C22H30FN7O4S/c23-14-9-8-13(35(33,34)30-10-4-1-5-11-30)12-17(14)26-20-18(19(25)31)21(32)29-22(28-20)27-16-7-3-2-6-15(16)24/h8-9,12,15-16H,1-7,10-11,24H2,(H2,25,31)(H3,26,27,28,29,32)/t15-,16-/m0/s1. The first kappa shape index (κ1) is 25.1. The van der Waals surface area contributed by atoms with Gasteiger partial charge >= 0.3 is 0 Å². The molecule has 2 fully saturated rings. The molecule has 1 saturated heterocycles. The van der Waals surface area contributed by atoms with Gasteiger partial charge in [0, 0.05) is 25.2 Å². The number of halogens is 1. The highest BCUT2D eigenvalue weighted by molar-refractivity contribution is 7.89. The maximum atomic E-state index is 14.7. The fraction of sp³-hybridized carbons (Fsp3) is 0.500. The summed E-state index contributed by atoms with van der Waals surface area (Å²) in [5.74, 6) is -2.11. The zero-order valence-electron chi connectivity index (χ0n) is 19.2. The van der Waals surface area contributed by atoms with E-state index in [4.69, 9.17) is 11.5 Å². The molecule has 0 unspecified atom stereocenters. The molecule has 1 aliphatic carbocycles. The number of hydrogen-bond acceptors (Lipinski definition) is 8. The van der Waals surface area contributed by atoms with Gasteiger partial charge < -0.3 is 22.1 Å². The number of primary amides is 1. The second-order valence-electron chi connectivity index (χ2n) is 8.93. The predicted molar refractivity (Wildman–Crippen MR) is 130 cm³/mol. The Morgan fingerprint density at radius 1 is 1.14 bits per heavy atom. The van der Waals surface area contributed by atoms with Crippen molar-refractivity contribution in [2.45, 2.75) is 61.9 Å². The van der Waals surface area contributed by atoms with Crippen molar-refractivity contribution < 1.29 is 17.6 Å². The lowest BCUT2D eigenvalue weighted by atomic mass is 9.91. The smallest absolute Gasteiger partial charge is 0.267 e. The van der Waals surface area contributed by atoms with Crippen LogP contribution in [0.4, 0.5) is 21.8 Å². The maximum absolute atomic E-state index is 14.7. The van der Waals surface area contributed by atoms with Crippen molar-refractivity contribution in [1.82, 2.24) is 14.3 Å². The monoisotopic (exact) mass is 507 g/mol. The highest BCUT2D eigenvalue weighted by atomic mass is 32.2. The van der Waals surface area contributed by atoms with E-state index < -0.39 is 32.9 Å². The molecular formula is C22H30FN7O4S. The minimum atomic E-state index is -3.84. The summed E-state index contributed by atoms with van der Waals surface area (Å²) in [5.41, 5.74) is 9.96. The molecule has 190 valence electrons. The Morgan fingerprint density at radius 3 is 2.54 bits per heavy atom. The van der Waals surface area contributed by atoms with Crippen molar-refractivity contribution >= 4 is 33.4 Å². The summed E-state index contributed by atoms with van der Waals surface area (Å²) in [6.45, 7) is 0.782. The van der Waals surface area contributed by atoms with Crippen LogP contribution in [0.15, 0.2) is 27.9 Å². The highest BCUT2D eigenvalue weighted by Gasteiger charge is 2.28. The fourth-order valence-electron chi connectivity index (χ4n) is 4.52. The molecule has 13 heteroatoms. The molecule has 1 aliphatic heterocycles. The van der Waals surface area contributed by atoms with Crippen LogP contribution in [0.1, 0.15) is 55.3 Å². The molecule has 2 aromatic rings. The van der Waals surface area contributed by atoms with Crippen LogP contribution < -0.4 is 27.7 Å². The van der Waals surface area contributed by atoms with Gasteiger partial charge in [-0.3, -0.25) is 14.6 Å². The number of sulfonamides is 1. The third-order valence-corrected chi connectivity index (χ3v) is 8.35. The van der Waals surface area contributed by atoms with Crippen LogP contribution >= 0.6 is 0 Å². The lowest BCUT2D eigenvalue weighted by Gasteiger charge is -2.29. The number of amides is 1. The number of piperidine rings is 1. The van der Waals surface area contributed by atoms with Gasteiger partial charge in [0.05, 0.1) is 10.6 Å². The number of nitrogens with two attached hydrogens (primary N) is 2. The van der Waals surface area contributed by atoms with Crippen molar-refractivity contribution in [1.29, 1.82) is 0 Å². The van der Waals surface area contributed by atoms with Gasteiger partial charge in [0.25, 0.3) is 11.5 Å². The van der Waals surface area contributed by atoms with Crippen LogP contribution in [0.3, 0.4) is 0 Å². The molecule has 1 saturated carbocycles. The van der Waals surface area contributed by atoms with Gasteiger partial charge in [0.1, 0.15) is 11.4 Å². The number of aromatic nitrogens is 2. The normalized spacial score (nSPS) is 21.4. The lowest BCUT2D eigenvalue weighted by molar-refractivity contribution is 0.0999. The van der Waals surface area contributed by atoms with Gasteiger partial charge in [-0.15, -0.1) is 0 Å². The summed E-state index contributed by atoms with van der Waals surface area (Å²) in [6.07, 6.45) is 6.02.